The van der Waals surface area contributed by atoms with Gasteiger partial charge in [0, 0.05) is 0 Å². The van der Waals surface area contributed by atoms with Crippen molar-refractivity contribution in [2.75, 3.05) is 0 Å². The Morgan fingerprint density at radius 2 is 0.938 bits per heavy atom. The zero-order valence-corrected chi connectivity index (χ0v) is 18.1. The van der Waals surface area contributed by atoms with E-state index in [4.69, 9.17) is 0 Å². The van der Waals surface area contributed by atoms with Crippen LogP contribution < -0.4 is 0 Å². The second kappa shape index (κ2) is 10.5. The van der Waals surface area contributed by atoms with Gasteiger partial charge in [0.25, 0.3) is 0 Å². The summed E-state index contributed by atoms with van der Waals surface area (Å²) < 4.78 is 67.9. The Kier molecular flexibility index (Phi) is 7.74. The highest BCUT2D eigenvalue weighted by Gasteiger charge is 2.27. The zero-order valence-electron chi connectivity index (χ0n) is 16.5. The molecule has 0 spiro atoms. The molecule has 0 bridgehead atoms. The predicted octanol–water partition coefficient (Wildman–Crippen LogP) is 5.79. The van der Waals surface area contributed by atoms with Gasteiger partial charge in [-0.2, -0.15) is 0 Å². The molecule has 0 aromatic heterocycles. The molecule has 0 radical (unpaired) electrons. The lowest BCUT2D eigenvalue weighted by Gasteiger charge is -2.07. The van der Waals surface area contributed by atoms with Gasteiger partial charge in [0.05, 0.1) is 15.8 Å². The molecule has 164 valence electrons. The van der Waals surface area contributed by atoms with Crippen molar-refractivity contribution in [2.45, 2.75) is 19.6 Å². The van der Waals surface area contributed by atoms with E-state index in [0.717, 1.165) is 0 Å². The molecule has 0 unspecified atom stereocenters. The van der Waals surface area contributed by atoms with Crippen molar-refractivity contribution < 1.29 is 26.1 Å². The summed E-state index contributed by atoms with van der Waals surface area (Å²) in [6.07, 6.45) is 0. The quantitative estimate of drug-likeness (QED) is 0.214. The van der Waals surface area contributed by atoms with Gasteiger partial charge in [-0.1, -0.05) is 54.6 Å². The Bertz CT molecular complexity index is 1170. The van der Waals surface area contributed by atoms with E-state index in [-0.39, 0.29) is 10.9 Å². The summed E-state index contributed by atoms with van der Waals surface area (Å²) in [6.45, 7) is 0. The molecule has 0 N–H and O–H groups in total. The number of hydrogen-bond acceptors (Lipinski definition) is 3. The molecule has 8 heteroatoms. The van der Waals surface area contributed by atoms with Gasteiger partial charge in [-0.15, -0.1) is 0 Å². The predicted molar refractivity (Wildman–Crippen MR) is 116 cm³/mol. The molecular formula is C24H17F3O3S2. The van der Waals surface area contributed by atoms with Crippen LogP contribution in [0.5, 0.6) is 0 Å². The van der Waals surface area contributed by atoms with Crippen molar-refractivity contribution in [1.29, 1.82) is 0 Å². The summed E-state index contributed by atoms with van der Waals surface area (Å²) in [5.41, 5.74) is 0. The highest BCUT2D eigenvalue weighted by Crippen LogP contribution is 2.30. The van der Waals surface area contributed by atoms with Crippen LogP contribution in [0.1, 0.15) is 0 Å². The maximum Gasteiger partial charge on any atom is 0.195 e. The SMILES string of the molecule is O=S(=O)([O-])c1ccc(F)c(F)c1F.c1ccc([S+](c2ccccc2)c2ccccc2)cc1. The highest BCUT2D eigenvalue weighted by atomic mass is 32.2. The molecule has 4 aromatic rings. The Hall–Kier alpha value is -3.07. The molecule has 0 saturated carbocycles. The van der Waals surface area contributed by atoms with Gasteiger partial charge in [0.1, 0.15) is 10.1 Å². The summed E-state index contributed by atoms with van der Waals surface area (Å²) >= 11 is 0. The second-order valence-electron chi connectivity index (χ2n) is 6.37. The van der Waals surface area contributed by atoms with E-state index in [2.05, 4.69) is 91.0 Å². The minimum Gasteiger partial charge on any atom is -0.744 e. The monoisotopic (exact) mass is 474 g/mol. The minimum absolute atomic E-state index is 0.0146. The summed E-state index contributed by atoms with van der Waals surface area (Å²) in [5.74, 6) is -5.52. The van der Waals surface area contributed by atoms with E-state index < -0.39 is 32.5 Å². The molecule has 0 saturated heterocycles. The molecule has 3 nitrogen and oxygen atoms in total. The van der Waals surface area contributed by atoms with Gasteiger partial charge < -0.3 is 4.55 Å². The first-order valence-electron chi connectivity index (χ1n) is 9.28. The van der Waals surface area contributed by atoms with Gasteiger partial charge >= 0.3 is 0 Å². The van der Waals surface area contributed by atoms with Crippen LogP contribution >= 0.6 is 0 Å². The highest BCUT2D eigenvalue weighted by molar-refractivity contribution is 7.97. The van der Waals surface area contributed by atoms with Crippen molar-refractivity contribution in [2.24, 2.45) is 0 Å². The summed E-state index contributed by atoms with van der Waals surface area (Å²) in [5, 5.41) is 0. The van der Waals surface area contributed by atoms with Gasteiger partial charge in [0.15, 0.2) is 32.1 Å². The lowest BCUT2D eigenvalue weighted by Crippen LogP contribution is -2.05. The number of benzene rings is 4. The van der Waals surface area contributed by atoms with Crippen molar-refractivity contribution in [3.8, 4) is 0 Å². The van der Waals surface area contributed by atoms with Crippen LogP contribution in [0.25, 0.3) is 0 Å². The molecule has 0 heterocycles. The van der Waals surface area contributed by atoms with Gasteiger partial charge in [-0.25, -0.2) is 21.6 Å². The lowest BCUT2D eigenvalue weighted by atomic mass is 10.3. The molecule has 4 aromatic carbocycles. The smallest absolute Gasteiger partial charge is 0.195 e. The minimum atomic E-state index is -5.10. The van der Waals surface area contributed by atoms with Crippen molar-refractivity contribution >= 4 is 21.0 Å². The van der Waals surface area contributed by atoms with Crippen molar-refractivity contribution in [3.63, 3.8) is 0 Å². The van der Waals surface area contributed by atoms with E-state index >= 15 is 0 Å². The van der Waals surface area contributed by atoms with Crippen LogP contribution in [-0.4, -0.2) is 13.0 Å². The van der Waals surface area contributed by atoms with E-state index in [1.165, 1.54) is 14.7 Å². The maximum absolute atomic E-state index is 12.6. The number of halogens is 3. The molecule has 32 heavy (non-hydrogen) atoms. The normalized spacial score (nSPS) is 11.0. The van der Waals surface area contributed by atoms with Gasteiger partial charge in [-0.3, -0.25) is 0 Å². The van der Waals surface area contributed by atoms with Gasteiger partial charge in [-0.05, 0) is 48.5 Å². The molecular weight excluding hydrogens is 457 g/mol. The van der Waals surface area contributed by atoms with Crippen LogP contribution in [0.15, 0.2) is 123 Å². The van der Waals surface area contributed by atoms with E-state index in [0.29, 0.717) is 12.1 Å². The second-order valence-corrected chi connectivity index (χ2v) is 9.75. The molecule has 0 fully saturated rings. The third kappa shape index (κ3) is 5.79. The maximum atomic E-state index is 12.6. The zero-order chi connectivity index (χ0) is 23.1. The fourth-order valence-electron chi connectivity index (χ4n) is 2.78. The Morgan fingerprint density at radius 3 is 1.28 bits per heavy atom. The first kappa shape index (κ1) is 23.6. The standard InChI is InChI=1S/C18H15S.C6H3F3O3S/c1-4-10-16(11-5-1)19(17-12-6-2-7-13-17)18-14-8-3-9-15-18;7-3-1-2-4(13(10,11)12)6(9)5(3)8/h1-15H;1-2H,(H,10,11,12)/q+1;/p-1. The topological polar surface area (TPSA) is 57.2 Å². The molecule has 4 rings (SSSR count). The Morgan fingerprint density at radius 1 is 0.562 bits per heavy atom. The Labute approximate surface area is 187 Å². The van der Waals surface area contributed by atoms with Crippen LogP contribution in [0.3, 0.4) is 0 Å². The molecule has 0 atom stereocenters. The van der Waals surface area contributed by atoms with E-state index in [1.54, 1.807) is 0 Å². The van der Waals surface area contributed by atoms with Crippen LogP contribution in [0.2, 0.25) is 0 Å². The average Bonchev–Trinajstić information content (AvgIpc) is 2.79. The molecule has 0 amide bonds. The van der Waals surface area contributed by atoms with Crippen LogP contribution in [-0.2, 0) is 21.0 Å². The molecule has 0 aliphatic rings. The third-order valence-electron chi connectivity index (χ3n) is 4.21. The molecule has 0 aliphatic heterocycles. The first-order chi connectivity index (χ1) is 15.3. The van der Waals surface area contributed by atoms with Crippen molar-refractivity contribution in [3.05, 3.63) is 121 Å². The van der Waals surface area contributed by atoms with Gasteiger partial charge in [0.2, 0.25) is 0 Å². The number of rotatable bonds is 4. The summed E-state index contributed by atoms with van der Waals surface area (Å²) in [6, 6.07) is 32.9. The first-order valence-corrected chi connectivity index (χ1v) is 11.9. The average molecular weight is 475 g/mol. The summed E-state index contributed by atoms with van der Waals surface area (Å²) in [7, 11) is -5.12. The third-order valence-corrected chi connectivity index (χ3v) is 7.29. The fraction of sp³-hybridized carbons (Fsp3) is 0. The number of hydrogen-bond donors (Lipinski definition) is 0. The largest absolute Gasteiger partial charge is 0.744 e. The summed E-state index contributed by atoms with van der Waals surface area (Å²) in [4.78, 5) is 2.69. The Balaban J connectivity index is 0.000000195. The molecule has 0 aliphatic carbocycles. The van der Waals surface area contributed by atoms with Crippen LogP contribution in [0.4, 0.5) is 13.2 Å². The van der Waals surface area contributed by atoms with Crippen molar-refractivity contribution in [1.82, 2.24) is 0 Å². The van der Waals surface area contributed by atoms with E-state index in [1.807, 2.05) is 0 Å². The fourth-order valence-corrected chi connectivity index (χ4v) is 5.43. The van der Waals surface area contributed by atoms with Crippen LogP contribution in [0, 0.1) is 17.5 Å². The lowest BCUT2D eigenvalue weighted by molar-refractivity contribution is 0.418. The van der Waals surface area contributed by atoms with E-state index in [9.17, 15) is 26.1 Å².